The van der Waals surface area contributed by atoms with Crippen LogP contribution in [0.3, 0.4) is 0 Å². The van der Waals surface area contributed by atoms with Crippen molar-refractivity contribution in [3.63, 3.8) is 0 Å². The molecule has 2 heterocycles. The average Bonchev–Trinajstić information content (AvgIpc) is 3.07. The van der Waals surface area contributed by atoms with Crippen LogP contribution in [0.15, 0.2) is 41.0 Å². The molecule has 1 aromatic heterocycles. The Hall–Kier alpha value is -1.69. The molecule has 23 heavy (non-hydrogen) atoms. The lowest BCUT2D eigenvalue weighted by molar-refractivity contribution is -0.0323. The van der Waals surface area contributed by atoms with E-state index < -0.39 is 6.10 Å². The topological polar surface area (TPSA) is 45.8 Å². The van der Waals surface area contributed by atoms with E-state index >= 15 is 0 Å². The molecule has 0 aliphatic carbocycles. The summed E-state index contributed by atoms with van der Waals surface area (Å²) in [6.45, 7) is 4.55. The number of hydrogen-bond acceptors (Lipinski definition) is 4. The van der Waals surface area contributed by atoms with Gasteiger partial charge in [-0.25, -0.2) is 4.39 Å². The second kappa shape index (κ2) is 7.25. The molecule has 0 amide bonds. The van der Waals surface area contributed by atoms with Gasteiger partial charge in [0.05, 0.1) is 19.5 Å². The van der Waals surface area contributed by atoms with Gasteiger partial charge >= 0.3 is 0 Å². The quantitative estimate of drug-likeness (QED) is 0.920. The number of aryl methyl sites for hydroxylation is 1. The summed E-state index contributed by atoms with van der Waals surface area (Å²) in [4.78, 5) is 2.28. The van der Waals surface area contributed by atoms with Gasteiger partial charge in [-0.05, 0) is 42.7 Å². The van der Waals surface area contributed by atoms with Crippen molar-refractivity contribution in [2.24, 2.45) is 0 Å². The Labute approximate surface area is 135 Å². The van der Waals surface area contributed by atoms with Crippen LogP contribution in [0, 0.1) is 12.7 Å². The van der Waals surface area contributed by atoms with Crippen molar-refractivity contribution < 1.29 is 18.7 Å². The minimum Gasteiger partial charge on any atom is -0.467 e. The van der Waals surface area contributed by atoms with Gasteiger partial charge < -0.3 is 14.3 Å². The predicted molar refractivity (Wildman–Crippen MR) is 84.4 cm³/mol. The molecule has 2 atom stereocenters. The average molecular weight is 319 g/mol. The van der Waals surface area contributed by atoms with E-state index in [9.17, 15) is 9.50 Å². The van der Waals surface area contributed by atoms with Crippen LogP contribution < -0.4 is 0 Å². The summed E-state index contributed by atoms with van der Waals surface area (Å²) < 4.78 is 24.2. The summed E-state index contributed by atoms with van der Waals surface area (Å²) in [7, 11) is 0. The van der Waals surface area contributed by atoms with E-state index in [4.69, 9.17) is 9.15 Å². The Bertz CT molecular complexity index is 629. The third-order valence-corrected chi connectivity index (χ3v) is 4.32. The van der Waals surface area contributed by atoms with Crippen molar-refractivity contribution in [1.29, 1.82) is 0 Å². The summed E-state index contributed by atoms with van der Waals surface area (Å²) in [6.07, 6.45) is 1.47. The second-order valence-corrected chi connectivity index (χ2v) is 6.05. The van der Waals surface area contributed by atoms with Gasteiger partial charge in [-0.3, -0.25) is 4.90 Å². The molecule has 1 N–H and O–H groups in total. The van der Waals surface area contributed by atoms with Crippen molar-refractivity contribution in [2.75, 3.05) is 19.8 Å². The van der Waals surface area contributed by atoms with E-state index in [2.05, 4.69) is 4.90 Å². The number of aliphatic hydroxyl groups excluding tert-OH is 1. The first-order valence-corrected chi connectivity index (χ1v) is 7.92. The van der Waals surface area contributed by atoms with Crippen molar-refractivity contribution in [3.8, 4) is 0 Å². The smallest absolute Gasteiger partial charge is 0.132 e. The Kier molecular flexibility index (Phi) is 5.10. The van der Waals surface area contributed by atoms with Crippen LogP contribution in [0.4, 0.5) is 4.39 Å². The van der Waals surface area contributed by atoms with Crippen molar-refractivity contribution in [2.45, 2.75) is 32.0 Å². The molecule has 0 spiro atoms. The van der Waals surface area contributed by atoms with Crippen molar-refractivity contribution >= 4 is 0 Å². The zero-order chi connectivity index (χ0) is 16.2. The van der Waals surface area contributed by atoms with E-state index in [-0.39, 0.29) is 11.9 Å². The normalized spacial score (nSPS) is 20.6. The van der Waals surface area contributed by atoms with E-state index in [0.29, 0.717) is 31.0 Å². The summed E-state index contributed by atoms with van der Waals surface area (Å²) in [5.74, 6) is 0.397. The highest BCUT2D eigenvalue weighted by molar-refractivity contribution is 5.24. The minimum absolute atomic E-state index is 0.106. The molecule has 3 rings (SSSR count). The largest absolute Gasteiger partial charge is 0.467 e. The van der Waals surface area contributed by atoms with Crippen LogP contribution in [-0.2, 0) is 11.3 Å². The fourth-order valence-electron chi connectivity index (χ4n) is 3.01. The highest BCUT2D eigenvalue weighted by Gasteiger charge is 2.27. The SMILES string of the molecule is Cc1cc(CN2CCOCC2CC(O)c2ccco2)ccc1F. The molecule has 2 aromatic rings. The monoisotopic (exact) mass is 319 g/mol. The molecule has 4 nitrogen and oxygen atoms in total. The third-order valence-electron chi connectivity index (χ3n) is 4.32. The van der Waals surface area contributed by atoms with Crippen LogP contribution >= 0.6 is 0 Å². The zero-order valence-corrected chi connectivity index (χ0v) is 13.2. The zero-order valence-electron chi connectivity index (χ0n) is 13.2. The maximum Gasteiger partial charge on any atom is 0.132 e. The number of nitrogens with zero attached hydrogens (tertiary/aromatic N) is 1. The van der Waals surface area contributed by atoms with Crippen molar-refractivity contribution in [1.82, 2.24) is 4.90 Å². The maximum absolute atomic E-state index is 13.4. The summed E-state index contributed by atoms with van der Waals surface area (Å²) in [5, 5.41) is 10.3. The van der Waals surface area contributed by atoms with Gasteiger partial charge in [0.1, 0.15) is 17.7 Å². The highest BCUT2D eigenvalue weighted by Crippen LogP contribution is 2.24. The standard InChI is InChI=1S/C18H22FNO3/c1-13-9-14(4-5-16(13)19)11-20-6-8-22-12-15(20)10-17(21)18-3-2-7-23-18/h2-5,7,9,15,17,21H,6,8,10-12H2,1H3. The molecule has 1 aliphatic rings. The van der Waals surface area contributed by atoms with E-state index in [0.717, 1.165) is 18.7 Å². The number of rotatable bonds is 5. The fraction of sp³-hybridized carbons (Fsp3) is 0.444. The lowest BCUT2D eigenvalue weighted by Crippen LogP contribution is -2.45. The highest BCUT2D eigenvalue weighted by atomic mass is 19.1. The number of furan rings is 1. The molecule has 1 saturated heterocycles. The maximum atomic E-state index is 13.4. The summed E-state index contributed by atoms with van der Waals surface area (Å²) >= 11 is 0. The lowest BCUT2D eigenvalue weighted by Gasteiger charge is -2.36. The molecule has 1 aromatic carbocycles. The van der Waals surface area contributed by atoms with Gasteiger partial charge in [-0.1, -0.05) is 12.1 Å². The Morgan fingerprint density at radius 1 is 1.39 bits per heavy atom. The number of ether oxygens (including phenoxy) is 1. The number of morpholine rings is 1. The van der Waals surface area contributed by atoms with E-state index in [1.54, 1.807) is 25.3 Å². The fourth-order valence-corrected chi connectivity index (χ4v) is 3.01. The molecule has 0 radical (unpaired) electrons. The molecular weight excluding hydrogens is 297 g/mol. The van der Waals surface area contributed by atoms with Crippen LogP contribution in [-0.4, -0.2) is 35.8 Å². The number of aliphatic hydroxyl groups is 1. The van der Waals surface area contributed by atoms with Gasteiger partial charge in [-0.2, -0.15) is 0 Å². The van der Waals surface area contributed by atoms with Crippen LogP contribution in [0.1, 0.15) is 29.4 Å². The predicted octanol–water partition coefficient (Wildman–Crippen LogP) is 3.05. The summed E-state index contributed by atoms with van der Waals surface area (Å²) in [5.41, 5.74) is 1.73. The van der Waals surface area contributed by atoms with E-state index in [1.165, 1.54) is 6.07 Å². The first-order valence-electron chi connectivity index (χ1n) is 7.92. The Morgan fingerprint density at radius 3 is 3.00 bits per heavy atom. The third kappa shape index (κ3) is 3.99. The number of benzene rings is 1. The first-order chi connectivity index (χ1) is 11.1. The number of hydrogen-bond donors (Lipinski definition) is 1. The van der Waals surface area contributed by atoms with Gasteiger partial charge in [0.2, 0.25) is 0 Å². The van der Waals surface area contributed by atoms with Gasteiger partial charge in [0.15, 0.2) is 0 Å². The molecule has 0 saturated carbocycles. The van der Waals surface area contributed by atoms with Crippen molar-refractivity contribution in [3.05, 3.63) is 59.3 Å². The van der Waals surface area contributed by atoms with E-state index in [1.807, 2.05) is 12.1 Å². The molecule has 5 heteroatoms. The Morgan fingerprint density at radius 2 is 2.26 bits per heavy atom. The molecule has 124 valence electrons. The molecule has 2 unspecified atom stereocenters. The van der Waals surface area contributed by atoms with Crippen LogP contribution in [0.2, 0.25) is 0 Å². The van der Waals surface area contributed by atoms with Crippen LogP contribution in [0.25, 0.3) is 0 Å². The summed E-state index contributed by atoms with van der Waals surface area (Å²) in [6, 6.07) is 8.87. The molecule has 1 fully saturated rings. The second-order valence-electron chi connectivity index (χ2n) is 6.05. The van der Waals surface area contributed by atoms with Gasteiger partial charge in [-0.15, -0.1) is 0 Å². The Balaban J connectivity index is 1.67. The molecule has 0 bridgehead atoms. The lowest BCUT2D eigenvalue weighted by atomic mass is 10.0. The van der Waals surface area contributed by atoms with Gasteiger partial charge in [0, 0.05) is 19.1 Å². The number of halogens is 1. The van der Waals surface area contributed by atoms with Gasteiger partial charge in [0.25, 0.3) is 0 Å². The minimum atomic E-state index is -0.644. The molecule has 1 aliphatic heterocycles. The van der Waals surface area contributed by atoms with Crippen LogP contribution in [0.5, 0.6) is 0 Å². The molecular formula is C18H22FNO3. The first kappa shape index (κ1) is 16.2.